The first-order valence-electron chi connectivity index (χ1n) is 9.99. The first kappa shape index (κ1) is 20.8. The second-order valence-electron chi connectivity index (χ2n) is 7.04. The normalized spacial score (nSPS) is 14.1. The fourth-order valence-corrected chi connectivity index (χ4v) is 4.19. The molecule has 0 saturated heterocycles. The van der Waals surface area contributed by atoms with E-state index in [1.807, 2.05) is 29.6 Å². The van der Waals surface area contributed by atoms with E-state index >= 15 is 0 Å². The summed E-state index contributed by atoms with van der Waals surface area (Å²) in [6, 6.07) is 17.2. The van der Waals surface area contributed by atoms with Crippen LogP contribution in [-0.2, 0) is 16.1 Å². The SMILES string of the molecule is CCNCc1ccc(N/C(=C2\C(=O)Nc3cc(C(=O)OC)ccc32)c2cccs2)cc1. The van der Waals surface area contributed by atoms with Crippen LogP contribution in [0.25, 0.3) is 11.3 Å². The van der Waals surface area contributed by atoms with E-state index in [1.165, 1.54) is 12.7 Å². The van der Waals surface area contributed by atoms with Crippen molar-refractivity contribution in [1.29, 1.82) is 0 Å². The maximum Gasteiger partial charge on any atom is 0.337 e. The van der Waals surface area contributed by atoms with E-state index < -0.39 is 5.97 Å². The molecule has 7 heteroatoms. The van der Waals surface area contributed by atoms with E-state index in [1.54, 1.807) is 29.5 Å². The van der Waals surface area contributed by atoms with Gasteiger partial charge in [0.1, 0.15) is 0 Å². The molecule has 0 bridgehead atoms. The lowest BCUT2D eigenvalue weighted by Gasteiger charge is -2.14. The van der Waals surface area contributed by atoms with E-state index in [4.69, 9.17) is 4.74 Å². The number of ether oxygens (including phenoxy) is 1. The van der Waals surface area contributed by atoms with Crippen LogP contribution in [-0.4, -0.2) is 25.5 Å². The highest BCUT2D eigenvalue weighted by molar-refractivity contribution is 7.11. The van der Waals surface area contributed by atoms with Crippen molar-refractivity contribution in [3.63, 3.8) is 0 Å². The summed E-state index contributed by atoms with van der Waals surface area (Å²) in [5, 5.41) is 11.6. The van der Waals surface area contributed by atoms with Crippen LogP contribution < -0.4 is 16.0 Å². The minimum Gasteiger partial charge on any atom is -0.465 e. The number of anilines is 2. The molecule has 1 aliphatic heterocycles. The largest absolute Gasteiger partial charge is 0.465 e. The predicted octanol–water partition coefficient (Wildman–Crippen LogP) is 4.58. The number of benzene rings is 2. The number of esters is 1. The van der Waals surface area contributed by atoms with Gasteiger partial charge in [-0.25, -0.2) is 4.79 Å². The van der Waals surface area contributed by atoms with E-state index in [0.29, 0.717) is 16.8 Å². The third kappa shape index (κ3) is 4.38. The third-order valence-electron chi connectivity index (χ3n) is 5.01. The summed E-state index contributed by atoms with van der Waals surface area (Å²) in [5.41, 5.74) is 5.10. The number of hydrogen-bond acceptors (Lipinski definition) is 6. The van der Waals surface area contributed by atoms with E-state index in [9.17, 15) is 9.59 Å². The number of rotatable bonds is 7. The van der Waals surface area contributed by atoms with Crippen molar-refractivity contribution < 1.29 is 14.3 Å². The number of hydrogen-bond donors (Lipinski definition) is 3. The van der Waals surface area contributed by atoms with Crippen LogP contribution in [0.4, 0.5) is 11.4 Å². The second kappa shape index (κ2) is 9.16. The van der Waals surface area contributed by atoms with Crippen LogP contribution in [0.5, 0.6) is 0 Å². The van der Waals surface area contributed by atoms with E-state index in [2.05, 4.69) is 35.0 Å². The van der Waals surface area contributed by atoms with Crippen LogP contribution in [0.1, 0.15) is 33.3 Å². The number of carbonyl (C=O) groups excluding carboxylic acids is 2. The molecule has 2 aromatic carbocycles. The Morgan fingerprint density at radius 2 is 1.94 bits per heavy atom. The van der Waals surface area contributed by atoms with Crippen LogP contribution >= 0.6 is 11.3 Å². The van der Waals surface area contributed by atoms with E-state index in [0.717, 1.165) is 34.9 Å². The molecule has 0 spiro atoms. The number of methoxy groups -OCH3 is 1. The van der Waals surface area contributed by atoms with Crippen LogP contribution in [0, 0.1) is 0 Å². The molecule has 1 aliphatic rings. The smallest absolute Gasteiger partial charge is 0.337 e. The van der Waals surface area contributed by atoms with Crippen LogP contribution in [0.3, 0.4) is 0 Å². The Morgan fingerprint density at radius 3 is 2.61 bits per heavy atom. The molecule has 3 aromatic rings. The van der Waals surface area contributed by atoms with Crippen molar-refractivity contribution in [2.75, 3.05) is 24.3 Å². The number of carbonyl (C=O) groups is 2. The fourth-order valence-electron chi connectivity index (χ4n) is 3.45. The highest BCUT2D eigenvalue weighted by Gasteiger charge is 2.29. The Bertz CT molecular complexity index is 1140. The molecule has 0 radical (unpaired) electrons. The molecule has 31 heavy (non-hydrogen) atoms. The van der Waals surface area contributed by atoms with Gasteiger partial charge in [0.25, 0.3) is 5.91 Å². The summed E-state index contributed by atoms with van der Waals surface area (Å²) in [6.45, 7) is 3.81. The minimum atomic E-state index is -0.441. The molecule has 3 N–H and O–H groups in total. The zero-order chi connectivity index (χ0) is 21.8. The van der Waals surface area contributed by atoms with Gasteiger partial charge in [-0.3, -0.25) is 4.79 Å². The van der Waals surface area contributed by atoms with Crippen molar-refractivity contribution in [3.05, 3.63) is 81.5 Å². The number of nitrogens with one attached hydrogen (secondary N) is 3. The van der Waals surface area contributed by atoms with Gasteiger partial charge in [0, 0.05) is 17.8 Å². The summed E-state index contributed by atoms with van der Waals surface area (Å²) >= 11 is 1.56. The molecule has 0 fully saturated rings. The summed E-state index contributed by atoms with van der Waals surface area (Å²) < 4.78 is 4.79. The maximum atomic E-state index is 13.0. The summed E-state index contributed by atoms with van der Waals surface area (Å²) in [6.07, 6.45) is 0. The lowest BCUT2D eigenvalue weighted by atomic mass is 10.0. The minimum absolute atomic E-state index is 0.211. The average Bonchev–Trinajstić information content (AvgIpc) is 3.43. The molecule has 0 unspecified atom stereocenters. The summed E-state index contributed by atoms with van der Waals surface area (Å²) in [5.74, 6) is -0.652. The van der Waals surface area contributed by atoms with Crippen molar-refractivity contribution in [3.8, 4) is 0 Å². The molecule has 158 valence electrons. The van der Waals surface area contributed by atoms with Gasteiger partial charge in [0.05, 0.1) is 34.5 Å². The maximum absolute atomic E-state index is 13.0. The van der Waals surface area contributed by atoms with Gasteiger partial charge in [-0.15, -0.1) is 11.3 Å². The molecule has 1 aromatic heterocycles. The molecule has 6 nitrogen and oxygen atoms in total. The average molecular weight is 434 g/mol. The summed E-state index contributed by atoms with van der Waals surface area (Å²) in [7, 11) is 1.34. The Labute approximate surface area is 184 Å². The summed E-state index contributed by atoms with van der Waals surface area (Å²) in [4.78, 5) is 25.8. The molecule has 2 heterocycles. The molecular weight excluding hydrogens is 410 g/mol. The third-order valence-corrected chi connectivity index (χ3v) is 5.89. The highest BCUT2D eigenvalue weighted by atomic mass is 32.1. The first-order chi connectivity index (χ1) is 15.1. The van der Waals surface area contributed by atoms with Gasteiger partial charge in [0.2, 0.25) is 0 Å². The van der Waals surface area contributed by atoms with Gasteiger partial charge in [-0.2, -0.15) is 0 Å². The quantitative estimate of drug-likeness (QED) is 0.376. The first-order valence-corrected chi connectivity index (χ1v) is 10.9. The Kier molecular flexibility index (Phi) is 6.16. The molecule has 1 amide bonds. The number of fused-ring (bicyclic) bond motifs is 1. The zero-order valence-electron chi connectivity index (χ0n) is 17.3. The van der Waals surface area contributed by atoms with E-state index in [-0.39, 0.29) is 5.91 Å². The van der Waals surface area contributed by atoms with Crippen molar-refractivity contribution in [1.82, 2.24) is 5.32 Å². The predicted molar refractivity (Wildman–Crippen MR) is 125 cm³/mol. The molecule has 0 atom stereocenters. The number of thiophene rings is 1. The van der Waals surface area contributed by atoms with Gasteiger partial charge in [-0.1, -0.05) is 31.2 Å². The van der Waals surface area contributed by atoms with Gasteiger partial charge < -0.3 is 20.7 Å². The topological polar surface area (TPSA) is 79.5 Å². The highest BCUT2D eigenvalue weighted by Crippen LogP contribution is 2.39. The van der Waals surface area contributed by atoms with Gasteiger partial charge >= 0.3 is 5.97 Å². The standard InChI is InChI=1S/C24H23N3O3S/c1-3-25-14-15-6-9-17(10-7-15)26-22(20-5-4-12-31-20)21-18-11-8-16(24(29)30-2)13-19(18)27-23(21)28/h4-13,25-26H,3,14H2,1-2H3,(H,27,28)/b22-21-. The van der Waals surface area contributed by atoms with Gasteiger partial charge in [0.15, 0.2) is 0 Å². The number of amides is 1. The molecule has 4 rings (SSSR count). The zero-order valence-corrected chi connectivity index (χ0v) is 18.1. The second-order valence-corrected chi connectivity index (χ2v) is 7.98. The molecular formula is C24H23N3O3S. The monoisotopic (exact) mass is 433 g/mol. The Balaban J connectivity index is 1.73. The van der Waals surface area contributed by atoms with Crippen molar-refractivity contribution in [2.45, 2.75) is 13.5 Å². The Hall–Kier alpha value is -3.42. The van der Waals surface area contributed by atoms with Gasteiger partial charge in [-0.05, 0) is 47.8 Å². The van der Waals surface area contributed by atoms with Crippen LogP contribution in [0.15, 0.2) is 60.0 Å². The molecule has 0 aliphatic carbocycles. The fraction of sp³-hybridized carbons (Fsp3) is 0.167. The van der Waals surface area contributed by atoms with Crippen molar-refractivity contribution >= 4 is 45.9 Å². The van der Waals surface area contributed by atoms with Crippen molar-refractivity contribution in [2.24, 2.45) is 0 Å². The molecule has 0 saturated carbocycles. The van der Waals surface area contributed by atoms with Crippen LogP contribution in [0.2, 0.25) is 0 Å². The lowest BCUT2D eigenvalue weighted by Crippen LogP contribution is -2.11. The lowest BCUT2D eigenvalue weighted by molar-refractivity contribution is -0.110. The Morgan fingerprint density at radius 1 is 1.13 bits per heavy atom.